The number of anilines is 3. The second-order valence-corrected chi connectivity index (χ2v) is 7.44. The third-order valence-electron chi connectivity index (χ3n) is 4.78. The highest BCUT2D eigenvalue weighted by atomic mass is 16.5. The van der Waals surface area contributed by atoms with Gasteiger partial charge in [-0.15, -0.1) is 0 Å². The fourth-order valence-corrected chi connectivity index (χ4v) is 3.04. The molecule has 1 aromatic carbocycles. The number of rotatable bonds is 9. The summed E-state index contributed by atoms with van der Waals surface area (Å²) < 4.78 is 4.74. The molecule has 0 aliphatic rings. The highest BCUT2D eigenvalue weighted by Crippen LogP contribution is 2.20. The zero-order chi connectivity index (χ0) is 22.9. The van der Waals surface area contributed by atoms with Crippen molar-refractivity contribution in [2.75, 3.05) is 44.5 Å². The number of H-pyrrole nitrogens is 1. The molecule has 0 fully saturated rings. The molecule has 9 nitrogen and oxygen atoms in total. The number of benzene rings is 1. The number of ether oxygens (including phenoxy) is 1. The maximum absolute atomic E-state index is 11.6. The maximum atomic E-state index is 11.6. The van der Waals surface area contributed by atoms with Crippen LogP contribution < -0.4 is 10.2 Å². The van der Waals surface area contributed by atoms with Crippen LogP contribution in [-0.2, 0) is 4.74 Å². The maximum Gasteiger partial charge on any atom is 0.409 e. The van der Waals surface area contributed by atoms with Crippen LogP contribution in [0.2, 0.25) is 0 Å². The molecule has 0 aliphatic heterocycles. The first-order valence-corrected chi connectivity index (χ1v) is 10.4. The fourth-order valence-electron chi connectivity index (χ4n) is 3.04. The van der Waals surface area contributed by atoms with E-state index in [1.54, 1.807) is 11.9 Å². The van der Waals surface area contributed by atoms with Gasteiger partial charge in [0.15, 0.2) is 11.6 Å². The van der Waals surface area contributed by atoms with Gasteiger partial charge in [0.05, 0.1) is 7.11 Å². The van der Waals surface area contributed by atoms with Gasteiger partial charge in [-0.1, -0.05) is 36.4 Å². The molecular weight excluding hydrogens is 406 g/mol. The van der Waals surface area contributed by atoms with Crippen LogP contribution in [0.4, 0.5) is 22.2 Å². The van der Waals surface area contributed by atoms with Crippen LogP contribution in [0.3, 0.4) is 0 Å². The molecule has 9 heteroatoms. The van der Waals surface area contributed by atoms with Gasteiger partial charge >= 0.3 is 6.09 Å². The number of nitrogens with one attached hydrogen (secondary N) is 2. The Labute approximate surface area is 188 Å². The van der Waals surface area contributed by atoms with Crippen LogP contribution in [0.5, 0.6) is 0 Å². The monoisotopic (exact) mass is 435 g/mol. The smallest absolute Gasteiger partial charge is 0.409 e. The van der Waals surface area contributed by atoms with E-state index < -0.39 is 0 Å². The van der Waals surface area contributed by atoms with Crippen LogP contribution >= 0.6 is 0 Å². The first kappa shape index (κ1) is 22.8. The quantitative estimate of drug-likeness (QED) is 0.525. The molecule has 0 unspecified atom stereocenters. The Hall–Kier alpha value is -3.88. The summed E-state index contributed by atoms with van der Waals surface area (Å²) in [5.41, 5.74) is 2.02. The summed E-state index contributed by atoms with van der Waals surface area (Å²) in [6.07, 6.45) is 4.29. The van der Waals surface area contributed by atoms with Crippen molar-refractivity contribution < 1.29 is 9.53 Å². The van der Waals surface area contributed by atoms with Crippen LogP contribution in [-0.4, -0.2) is 65.5 Å². The predicted octanol–water partition coefficient (Wildman–Crippen LogP) is 3.95. The van der Waals surface area contributed by atoms with E-state index in [1.807, 2.05) is 73.5 Å². The third kappa shape index (κ3) is 6.56. The van der Waals surface area contributed by atoms with Crippen molar-refractivity contribution in [1.82, 2.24) is 25.1 Å². The number of amides is 1. The third-order valence-corrected chi connectivity index (χ3v) is 4.78. The number of aryl methyl sites for hydroxylation is 1. The number of aromatic nitrogens is 4. The van der Waals surface area contributed by atoms with Crippen molar-refractivity contribution in [3.05, 3.63) is 59.5 Å². The average molecular weight is 436 g/mol. The molecule has 0 saturated carbocycles. The molecule has 3 rings (SSSR count). The Morgan fingerprint density at radius 2 is 1.88 bits per heavy atom. The molecule has 0 aliphatic carbocycles. The average Bonchev–Trinajstić information content (AvgIpc) is 3.21. The summed E-state index contributed by atoms with van der Waals surface area (Å²) in [6.45, 7) is 3.23. The van der Waals surface area contributed by atoms with Crippen molar-refractivity contribution in [1.29, 1.82) is 0 Å². The van der Waals surface area contributed by atoms with E-state index in [4.69, 9.17) is 9.72 Å². The summed E-state index contributed by atoms with van der Waals surface area (Å²) in [5.74, 6) is 2.68. The van der Waals surface area contributed by atoms with Crippen molar-refractivity contribution in [2.24, 2.45) is 0 Å². The molecule has 0 spiro atoms. The number of hydrogen-bond donors (Lipinski definition) is 2. The van der Waals surface area contributed by atoms with Crippen molar-refractivity contribution >= 4 is 35.7 Å². The van der Waals surface area contributed by atoms with Gasteiger partial charge in [-0.05, 0) is 25.0 Å². The summed E-state index contributed by atoms with van der Waals surface area (Å²) >= 11 is 0. The number of aromatic amines is 1. The minimum Gasteiger partial charge on any atom is -0.453 e. The Balaban J connectivity index is 1.77. The number of carbonyl (C=O) groups excluding carboxylic acids is 1. The molecule has 1 amide bonds. The second-order valence-electron chi connectivity index (χ2n) is 7.44. The Morgan fingerprint density at radius 3 is 2.56 bits per heavy atom. The summed E-state index contributed by atoms with van der Waals surface area (Å²) in [7, 11) is 5.07. The number of hydrogen-bond acceptors (Lipinski definition) is 7. The summed E-state index contributed by atoms with van der Waals surface area (Å²) in [5, 5.41) is 10.4. The topological polar surface area (TPSA) is 99.3 Å². The van der Waals surface area contributed by atoms with Gasteiger partial charge in [0.2, 0.25) is 0 Å². The minimum absolute atomic E-state index is 0.344. The van der Waals surface area contributed by atoms with Gasteiger partial charge in [-0.3, -0.25) is 5.10 Å². The van der Waals surface area contributed by atoms with Crippen molar-refractivity contribution in [3.8, 4) is 0 Å². The molecule has 168 valence electrons. The fraction of sp³-hybridized carbons (Fsp3) is 0.304. The van der Waals surface area contributed by atoms with Gasteiger partial charge in [-0.25, -0.2) is 14.8 Å². The molecule has 2 N–H and O–H groups in total. The molecule has 0 saturated heterocycles. The van der Waals surface area contributed by atoms with Crippen molar-refractivity contribution in [3.63, 3.8) is 0 Å². The first-order chi connectivity index (χ1) is 15.4. The van der Waals surface area contributed by atoms with E-state index in [0.29, 0.717) is 30.5 Å². The van der Waals surface area contributed by atoms with E-state index in [-0.39, 0.29) is 6.09 Å². The van der Waals surface area contributed by atoms with Crippen LogP contribution in [0.15, 0.2) is 42.5 Å². The number of methoxy groups -OCH3 is 1. The van der Waals surface area contributed by atoms with Crippen molar-refractivity contribution in [2.45, 2.75) is 13.3 Å². The lowest BCUT2D eigenvalue weighted by Crippen LogP contribution is -2.30. The molecule has 2 aromatic heterocycles. The lowest BCUT2D eigenvalue weighted by molar-refractivity contribution is 0.133. The highest BCUT2D eigenvalue weighted by molar-refractivity contribution is 5.69. The highest BCUT2D eigenvalue weighted by Gasteiger charge is 2.11. The molecule has 32 heavy (non-hydrogen) atoms. The Morgan fingerprint density at radius 1 is 1.09 bits per heavy atom. The molecule has 3 aromatic rings. The summed E-state index contributed by atoms with van der Waals surface area (Å²) in [6, 6.07) is 13.8. The number of nitrogens with zero attached hydrogens (tertiary/aromatic N) is 5. The van der Waals surface area contributed by atoms with Gasteiger partial charge in [-0.2, -0.15) is 5.10 Å². The minimum atomic E-state index is -0.344. The van der Waals surface area contributed by atoms with E-state index in [2.05, 4.69) is 20.5 Å². The van der Waals surface area contributed by atoms with E-state index in [9.17, 15) is 4.79 Å². The van der Waals surface area contributed by atoms with Gasteiger partial charge in [0.25, 0.3) is 0 Å². The zero-order valence-electron chi connectivity index (χ0n) is 18.9. The first-order valence-electron chi connectivity index (χ1n) is 10.4. The van der Waals surface area contributed by atoms with Gasteiger partial charge in [0, 0.05) is 45.0 Å². The molecule has 2 heterocycles. The SMILES string of the molecule is COC(=O)N(C)CCCN(C)c1cc(Nc2cc(C)[nH]n2)nc(/C=C/c2ccccc2)n1. The molecular formula is C23H29N7O2. The van der Waals surface area contributed by atoms with E-state index in [0.717, 1.165) is 23.5 Å². The summed E-state index contributed by atoms with van der Waals surface area (Å²) in [4.78, 5) is 24.5. The van der Waals surface area contributed by atoms with E-state index in [1.165, 1.54) is 7.11 Å². The predicted molar refractivity (Wildman–Crippen MR) is 127 cm³/mol. The lowest BCUT2D eigenvalue weighted by atomic mass is 10.2. The van der Waals surface area contributed by atoms with Gasteiger partial charge < -0.3 is 19.9 Å². The normalized spacial score (nSPS) is 10.9. The van der Waals surface area contributed by atoms with Crippen LogP contribution in [0.1, 0.15) is 23.5 Å². The molecule has 0 bridgehead atoms. The standard InChI is InChI=1S/C23H29N7O2/c1-17-15-21(28-27-17)25-20-16-22(29(2)13-8-14-30(3)23(31)32-4)26-19(24-20)12-11-18-9-6-5-7-10-18/h5-7,9-12,15-16H,8,13-14H2,1-4H3,(H2,24,25,26,27,28)/b12-11+. The van der Waals surface area contributed by atoms with Gasteiger partial charge in [0.1, 0.15) is 11.6 Å². The van der Waals surface area contributed by atoms with E-state index >= 15 is 0 Å². The van der Waals surface area contributed by atoms with Crippen LogP contribution in [0.25, 0.3) is 12.2 Å². The largest absolute Gasteiger partial charge is 0.453 e. The Kier molecular flexibility index (Phi) is 7.80. The Bertz CT molecular complexity index is 1050. The molecule has 0 radical (unpaired) electrons. The number of carbonyl (C=O) groups is 1. The van der Waals surface area contributed by atoms with Crippen LogP contribution in [0, 0.1) is 6.92 Å². The second kappa shape index (κ2) is 10.9. The molecule has 0 atom stereocenters. The lowest BCUT2D eigenvalue weighted by Gasteiger charge is -2.21. The zero-order valence-corrected chi connectivity index (χ0v) is 18.9.